The maximum absolute atomic E-state index is 11.7. The number of benzene rings is 1. The van der Waals surface area contributed by atoms with E-state index < -0.39 is 22.0 Å². The highest BCUT2D eigenvalue weighted by molar-refractivity contribution is 7.99. The SMILES string of the molecule is CC(C)[C@@H](NC(=O)CSCCOc1ccc(S(N)(=O)=O)cc1)C(=O)O. The molecule has 4 N–H and O–H groups in total. The Balaban J connectivity index is 2.30. The third-order valence-electron chi connectivity index (χ3n) is 3.13. The van der Waals surface area contributed by atoms with Crippen LogP contribution >= 0.6 is 11.8 Å². The van der Waals surface area contributed by atoms with Gasteiger partial charge in [-0.1, -0.05) is 13.8 Å². The average molecular weight is 390 g/mol. The second kappa shape index (κ2) is 9.64. The van der Waals surface area contributed by atoms with Crippen LogP contribution in [0.5, 0.6) is 5.75 Å². The van der Waals surface area contributed by atoms with E-state index in [2.05, 4.69) is 5.32 Å². The largest absolute Gasteiger partial charge is 0.493 e. The van der Waals surface area contributed by atoms with E-state index in [-0.39, 0.29) is 22.5 Å². The number of aliphatic carboxylic acids is 1. The Morgan fingerprint density at radius 1 is 1.28 bits per heavy atom. The van der Waals surface area contributed by atoms with Crippen molar-refractivity contribution >= 4 is 33.7 Å². The van der Waals surface area contributed by atoms with E-state index in [1.165, 1.54) is 36.0 Å². The zero-order chi connectivity index (χ0) is 19.0. The fraction of sp³-hybridized carbons (Fsp3) is 0.467. The minimum Gasteiger partial charge on any atom is -0.493 e. The number of nitrogens with two attached hydrogens (primary N) is 1. The average Bonchev–Trinajstić information content (AvgIpc) is 2.51. The van der Waals surface area contributed by atoms with Gasteiger partial charge >= 0.3 is 5.97 Å². The van der Waals surface area contributed by atoms with E-state index in [4.69, 9.17) is 15.0 Å². The summed E-state index contributed by atoms with van der Waals surface area (Å²) in [7, 11) is -3.73. The van der Waals surface area contributed by atoms with E-state index in [1.54, 1.807) is 13.8 Å². The standard InChI is InChI=1S/C15H22N2O6S2/c1-10(2)14(15(19)20)17-13(18)9-24-8-7-23-11-3-5-12(6-4-11)25(16,21)22/h3-6,10,14H,7-9H2,1-2H3,(H,17,18)(H,19,20)(H2,16,21,22)/t14-/m1/s1. The summed E-state index contributed by atoms with van der Waals surface area (Å²) < 4.78 is 27.7. The summed E-state index contributed by atoms with van der Waals surface area (Å²) in [5.41, 5.74) is 0. The molecule has 8 nitrogen and oxygen atoms in total. The lowest BCUT2D eigenvalue weighted by atomic mass is 10.1. The number of carboxylic acids is 1. The smallest absolute Gasteiger partial charge is 0.326 e. The van der Waals surface area contributed by atoms with Crippen LogP contribution in [0.1, 0.15) is 13.8 Å². The first kappa shape index (κ1) is 21.3. The van der Waals surface area contributed by atoms with Crippen molar-refractivity contribution in [1.82, 2.24) is 5.32 Å². The summed E-state index contributed by atoms with van der Waals surface area (Å²) in [6, 6.07) is 4.79. The molecule has 10 heteroatoms. The van der Waals surface area contributed by atoms with Gasteiger partial charge in [0.2, 0.25) is 15.9 Å². The first-order valence-corrected chi connectivity index (χ1v) is 10.2. The van der Waals surface area contributed by atoms with Crippen molar-refractivity contribution in [3.63, 3.8) is 0 Å². The summed E-state index contributed by atoms with van der Waals surface area (Å²) in [6.07, 6.45) is 0. The number of thioether (sulfide) groups is 1. The number of hydrogen-bond acceptors (Lipinski definition) is 6. The summed E-state index contributed by atoms with van der Waals surface area (Å²) in [4.78, 5) is 22.7. The molecule has 1 rings (SSSR count). The Bertz CT molecular complexity index is 688. The van der Waals surface area contributed by atoms with E-state index in [9.17, 15) is 18.0 Å². The molecule has 0 aromatic heterocycles. The van der Waals surface area contributed by atoms with Gasteiger partial charge in [-0.05, 0) is 30.2 Å². The van der Waals surface area contributed by atoms with Crippen molar-refractivity contribution in [1.29, 1.82) is 0 Å². The highest BCUT2D eigenvalue weighted by Crippen LogP contribution is 2.15. The van der Waals surface area contributed by atoms with Crippen LogP contribution in [0.4, 0.5) is 0 Å². The number of carbonyl (C=O) groups excluding carboxylic acids is 1. The Morgan fingerprint density at radius 2 is 1.88 bits per heavy atom. The molecule has 1 aromatic rings. The van der Waals surface area contributed by atoms with Crippen LogP contribution in [-0.2, 0) is 19.6 Å². The van der Waals surface area contributed by atoms with Crippen molar-refractivity contribution in [2.75, 3.05) is 18.1 Å². The molecule has 0 heterocycles. The summed E-state index contributed by atoms with van der Waals surface area (Å²) in [6.45, 7) is 3.77. The zero-order valence-corrected chi connectivity index (χ0v) is 15.6. The molecule has 0 spiro atoms. The van der Waals surface area contributed by atoms with Crippen LogP contribution in [0, 0.1) is 5.92 Å². The van der Waals surface area contributed by atoms with Crippen LogP contribution < -0.4 is 15.2 Å². The first-order chi connectivity index (χ1) is 11.6. The molecular weight excluding hydrogens is 368 g/mol. The molecule has 0 aliphatic heterocycles. The fourth-order valence-corrected chi connectivity index (χ4v) is 2.97. The Hall–Kier alpha value is -1.78. The van der Waals surface area contributed by atoms with Crippen LogP contribution in [-0.4, -0.2) is 49.6 Å². The Kier molecular flexibility index (Phi) is 8.20. The molecule has 0 aliphatic rings. The van der Waals surface area contributed by atoms with Crippen molar-refractivity contribution in [2.24, 2.45) is 11.1 Å². The number of nitrogens with one attached hydrogen (secondary N) is 1. The molecule has 0 unspecified atom stereocenters. The molecule has 1 amide bonds. The zero-order valence-electron chi connectivity index (χ0n) is 14.0. The number of hydrogen-bond donors (Lipinski definition) is 3. The van der Waals surface area contributed by atoms with Crippen molar-refractivity contribution in [3.05, 3.63) is 24.3 Å². The number of sulfonamides is 1. The highest BCUT2D eigenvalue weighted by atomic mass is 32.2. The molecule has 140 valence electrons. The summed E-state index contributed by atoms with van der Waals surface area (Å²) in [5, 5.41) is 16.5. The lowest BCUT2D eigenvalue weighted by Gasteiger charge is -2.17. The van der Waals surface area contributed by atoms with Gasteiger partial charge in [0.15, 0.2) is 0 Å². The van der Waals surface area contributed by atoms with E-state index in [0.717, 1.165) is 0 Å². The number of primary sulfonamides is 1. The fourth-order valence-electron chi connectivity index (χ4n) is 1.84. The molecule has 0 fully saturated rings. The van der Waals surface area contributed by atoms with Gasteiger partial charge in [0.25, 0.3) is 0 Å². The van der Waals surface area contributed by atoms with Gasteiger partial charge in [0.05, 0.1) is 17.3 Å². The molecule has 0 radical (unpaired) electrons. The second-order valence-corrected chi connectivity index (χ2v) is 8.21. The topological polar surface area (TPSA) is 136 Å². The van der Waals surface area contributed by atoms with E-state index >= 15 is 0 Å². The molecule has 0 saturated carbocycles. The molecule has 0 aliphatic carbocycles. The van der Waals surface area contributed by atoms with Gasteiger partial charge in [-0.25, -0.2) is 18.4 Å². The van der Waals surface area contributed by atoms with Crippen molar-refractivity contribution in [3.8, 4) is 5.75 Å². The van der Waals surface area contributed by atoms with Gasteiger partial charge in [-0.3, -0.25) is 4.79 Å². The molecule has 1 aromatic carbocycles. The van der Waals surface area contributed by atoms with Crippen molar-refractivity contribution < 1.29 is 27.9 Å². The first-order valence-electron chi connectivity index (χ1n) is 7.47. The molecule has 0 bridgehead atoms. The molecule has 1 atom stereocenters. The quantitative estimate of drug-likeness (QED) is 0.500. The number of ether oxygens (including phenoxy) is 1. The number of rotatable bonds is 10. The molecule has 0 saturated heterocycles. The monoisotopic (exact) mass is 390 g/mol. The van der Waals surface area contributed by atoms with Gasteiger partial charge < -0.3 is 15.2 Å². The Labute approximate surface area is 151 Å². The van der Waals surface area contributed by atoms with Gasteiger partial charge in [0, 0.05) is 5.75 Å². The van der Waals surface area contributed by atoms with E-state index in [0.29, 0.717) is 18.1 Å². The second-order valence-electron chi connectivity index (χ2n) is 5.54. The number of carbonyl (C=O) groups is 2. The van der Waals surface area contributed by atoms with Gasteiger partial charge in [-0.2, -0.15) is 0 Å². The normalized spacial score (nSPS) is 12.6. The maximum atomic E-state index is 11.7. The predicted octanol–water partition coefficient (Wildman–Crippen LogP) is 0.671. The predicted molar refractivity (Wildman–Crippen MR) is 95.0 cm³/mol. The maximum Gasteiger partial charge on any atom is 0.326 e. The van der Waals surface area contributed by atoms with Gasteiger partial charge in [-0.15, -0.1) is 11.8 Å². The van der Waals surface area contributed by atoms with Gasteiger partial charge in [0.1, 0.15) is 11.8 Å². The highest BCUT2D eigenvalue weighted by Gasteiger charge is 2.23. The van der Waals surface area contributed by atoms with E-state index in [1.807, 2.05) is 0 Å². The molecular formula is C15H22N2O6S2. The van der Waals surface area contributed by atoms with Crippen molar-refractivity contribution in [2.45, 2.75) is 24.8 Å². The molecule has 25 heavy (non-hydrogen) atoms. The Morgan fingerprint density at radius 3 is 2.36 bits per heavy atom. The van der Waals surface area contributed by atoms with Crippen LogP contribution in [0.15, 0.2) is 29.2 Å². The lowest BCUT2D eigenvalue weighted by molar-refractivity contribution is -0.142. The summed E-state index contributed by atoms with van der Waals surface area (Å²) >= 11 is 1.31. The minimum atomic E-state index is -3.73. The van der Waals surface area contributed by atoms with Crippen LogP contribution in [0.2, 0.25) is 0 Å². The van der Waals surface area contributed by atoms with Crippen LogP contribution in [0.25, 0.3) is 0 Å². The summed E-state index contributed by atoms with van der Waals surface area (Å²) in [5.74, 6) is -0.463. The number of amides is 1. The number of carboxylic acid groups (broad SMARTS) is 1. The van der Waals surface area contributed by atoms with Crippen LogP contribution in [0.3, 0.4) is 0 Å². The third kappa shape index (κ3) is 7.76. The minimum absolute atomic E-state index is 0.00373. The third-order valence-corrected chi connectivity index (χ3v) is 4.98. The lowest BCUT2D eigenvalue weighted by Crippen LogP contribution is -2.45.